The summed E-state index contributed by atoms with van der Waals surface area (Å²) in [5, 5.41) is 3.83. The van der Waals surface area contributed by atoms with E-state index >= 15 is 0 Å². The smallest absolute Gasteiger partial charge is 0.0309 e. The van der Waals surface area contributed by atoms with Crippen LogP contribution in [0.5, 0.6) is 0 Å². The Morgan fingerprint density at radius 1 is 1.16 bits per heavy atom. The molecular weight excluding hydrogens is 234 g/mol. The van der Waals surface area contributed by atoms with E-state index in [4.69, 9.17) is 0 Å². The normalized spacial score (nSPS) is 39.6. The highest BCUT2D eigenvalue weighted by atomic mass is 15.3. The molecule has 2 aliphatic heterocycles. The van der Waals surface area contributed by atoms with Gasteiger partial charge in [0.05, 0.1) is 0 Å². The Kier molecular flexibility index (Phi) is 3.89. The van der Waals surface area contributed by atoms with Crippen molar-refractivity contribution in [2.24, 2.45) is 11.8 Å². The molecule has 3 rings (SSSR count). The largest absolute Gasteiger partial charge is 0.308 e. The molecule has 2 heterocycles. The Labute approximate surface area is 118 Å². The summed E-state index contributed by atoms with van der Waals surface area (Å²) in [4.78, 5) is 5.26. The molecule has 0 aromatic rings. The molecule has 3 nitrogen and oxygen atoms in total. The van der Waals surface area contributed by atoms with Crippen LogP contribution in [-0.4, -0.2) is 61.2 Å². The van der Waals surface area contributed by atoms with Crippen LogP contribution in [0.25, 0.3) is 0 Å². The Hall–Kier alpha value is -0.120. The molecule has 110 valence electrons. The number of nitrogens with one attached hydrogen (secondary N) is 1. The zero-order valence-corrected chi connectivity index (χ0v) is 13.0. The number of piperazine rings is 1. The molecule has 2 unspecified atom stereocenters. The number of hydrogen-bond donors (Lipinski definition) is 1. The van der Waals surface area contributed by atoms with Gasteiger partial charge >= 0.3 is 0 Å². The van der Waals surface area contributed by atoms with Crippen molar-refractivity contribution in [1.29, 1.82) is 0 Å². The molecule has 19 heavy (non-hydrogen) atoms. The minimum atomic E-state index is 0.401. The van der Waals surface area contributed by atoms with Crippen molar-refractivity contribution >= 4 is 0 Å². The number of nitrogens with zero attached hydrogens (tertiary/aromatic N) is 2. The minimum absolute atomic E-state index is 0.401. The fourth-order valence-electron chi connectivity index (χ4n) is 3.96. The van der Waals surface area contributed by atoms with Crippen molar-refractivity contribution in [3.63, 3.8) is 0 Å². The van der Waals surface area contributed by atoms with Crippen molar-refractivity contribution in [2.45, 2.75) is 51.1 Å². The molecule has 3 aliphatic rings. The number of likely N-dealkylation sites (tertiary alicyclic amines) is 1. The van der Waals surface area contributed by atoms with E-state index in [9.17, 15) is 0 Å². The third-order valence-corrected chi connectivity index (χ3v) is 5.77. The zero-order chi connectivity index (χ0) is 13.5. The highest BCUT2D eigenvalue weighted by Crippen LogP contribution is 2.41. The molecular formula is C16H31N3. The fraction of sp³-hybridized carbons (Fsp3) is 1.00. The van der Waals surface area contributed by atoms with Crippen molar-refractivity contribution in [2.75, 3.05) is 39.8 Å². The van der Waals surface area contributed by atoms with Gasteiger partial charge < -0.3 is 10.2 Å². The quantitative estimate of drug-likeness (QED) is 0.839. The summed E-state index contributed by atoms with van der Waals surface area (Å²) in [5.74, 6) is 1.88. The molecule has 3 heteroatoms. The molecule has 0 radical (unpaired) electrons. The standard InChI is InChI=1S/C16H31N3/c1-13-10-17-16(2,15-4-5-15)12-19(13)11-14-6-8-18(3)9-7-14/h13-15,17H,4-12H2,1-3H3. The molecule has 1 saturated carbocycles. The lowest BCUT2D eigenvalue weighted by Gasteiger charge is -2.47. The van der Waals surface area contributed by atoms with Crippen LogP contribution in [0.3, 0.4) is 0 Å². The molecule has 0 bridgehead atoms. The fourth-order valence-corrected chi connectivity index (χ4v) is 3.96. The van der Waals surface area contributed by atoms with E-state index in [1.807, 2.05) is 0 Å². The number of piperidine rings is 1. The van der Waals surface area contributed by atoms with Gasteiger partial charge in [-0.3, -0.25) is 4.90 Å². The van der Waals surface area contributed by atoms with Gasteiger partial charge in [0.25, 0.3) is 0 Å². The van der Waals surface area contributed by atoms with Crippen molar-refractivity contribution in [3.05, 3.63) is 0 Å². The molecule has 0 amide bonds. The third-order valence-electron chi connectivity index (χ3n) is 5.77. The van der Waals surface area contributed by atoms with E-state index in [2.05, 4.69) is 36.0 Å². The van der Waals surface area contributed by atoms with E-state index in [-0.39, 0.29) is 0 Å². The SMILES string of the molecule is CC1CNC(C)(C2CC2)CN1CC1CCN(C)CC1. The van der Waals surface area contributed by atoms with Gasteiger partial charge in [-0.25, -0.2) is 0 Å². The second-order valence-electron chi connectivity index (χ2n) is 7.60. The molecule has 1 aliphatic carbocycles. The van der Waals surface area contributed by atoms with Gasteiger partial charge in [0, 0.05) is 31.2 Å². The predicted molar refractivity (Wildman–Crippen MR) is 80.4 cm³/mol. The summed E-state index contributed by atoms with van der Waals surface area (Å²) in [7, 11) is 2.26. The van der Waals surface area contributed by atoms with E-state index in [0.717, 1.165) is 11.8 Å². The van der Waals surface area contributed by atoms with E-state index in [0.29, 0.717) is 11.6 Å². The summed E-state index contributed by atoms with van der Waals surface area (Å²) < 4.78 is 0. The Bertz CT molecular complexity index is 307. The van der Waals surface area contributed by atoms with Gasteiger partial charge in [-0.05, 0) is 71.5 Å². The second kappa shape index (κ2) is 5.34. The molecule has 2 atom stereocenters. The molecule has 0 spiro atoms. The second-order valence-corrected chi connectivity index (χ2v) is 7.60. The van der Waals surface area contributed by atoms with Crippen molar-refractivity contribution < 1.29 is 0 Å². The summed E-state index contributed by atoms with van der Waals surface area (Å²) in [5.41, 5.74) is 0.401. The van der Waals surface area contributed by atoms with Crippen LogP contribution in [0.1, 0.15) is 39.5 Å². The average molecular weight is 265 g/mol. The first-order valence-electron chi connectivity index (χ1n) is 8.24. The Morgan fingerprint density at radius 3 is 2.47 bits per heavy atom. The van der Waals surface area contributed by atoms with Crippen LogP contribution in [0.4, 0.5) is 0 Å². The number of rotatable bonds is 3. The van der Waals surface area contributed by atoms with E-state index < -0.39 is 0 Å². The predicted octanol–water partition coefficient (Wildman–Crippen LogP) is 1.79. The lowest BCUT2D eigenvalue weighted by atomic mass is 9.89. The number of hydrogen-bond acceptors (Lipinski definition) is 3. The van der Waals surface area contributed by atoms with E-state index in [1.165, 1.54) is 58.4 Å². The molecule has 3 fully saturated rings. The Morgan fingerprint density at radius 2 is 1.84 bits per heavy atom. The van der Waals surface area contributed by atoms with Crippen LogP contribution < -0.4 is 5.32 Å². The molecule has 0 aromatic carbocycles. The summed E-state index contributed by atoms with van der Waals surface area (Å²) in [6.07, 6.45) is 5.68. The van der Waals surface area contributed by atoms with Crippen LogP contribution >= 0.6 is 0 Å². The molecule has 1 N–H and O–H groups in total. The lowest BCUT2D eigenvalue weighted by molar-refractivity contribution is 0.0573. The van der Waals surface area contributed by atoms with Crippen LogP contribution in [0, 0.1) is 11.8 Å². The zero-order valence-electron chi connectivity index (χ0n) is 13.0. The first-order chi connectivity index (χ1) is 9.07. The highest BCUT2D eigenvalue weighted by Gasteiger charge is 2.45. The molecule has 2 saturated heterocycles. The van der Waals surface area contributed by atoms with Crippen molar-refractivity contribution in [1.82, 2.24) is 15.1 Å². The molecule has 0 aromatic heterocycles. The van der Waals surface area contributed by atoms with Gasteiger partial charge in [-0.2, -0.15) is 0 Å². The monoisotopic (exact) mass is 265 g/mol. The minimum Gasteiger partial charge on any atom is -0.308 e. The highest BCUT2D eigenvalue weighted by molar-refractivity contribution is 5.03. The maximum atomic E-state index is 3.83. The maximum absolute atomic E-state index is 3.83. The summed E-state index contributed by atoms with van der Waals surface area (Å²) in [6.45, 7) is 11.2. The van der Waals surface area contributed by atoms with Crippen LogP contribution in [0.15, 0.2) is 0 Å². The first kappa shape index (κ1) is 13.8. The van der Waals surface area contributed by atoms with Crippen molar-refractivity contribution in [3.8, 4) is 0 Å². The summed E-state index contributed by atoms with van der Waals surface area (Å²) >= 11 is 0. The van der Waals surface area contributed by atoms with Crippen LogP contribution in [0.2, 0.25) is 0 Å². The Balaban J connectivity index is 1.56. The third kappa shape index (κ3) is 3.14. The average Bonchev–Trinajstić information content (AvgIpc) is 3.21. The van der Waals surface area contributed by atoms with Gasteiger partial charge in [0.2, 0.25) is 0 Å². The summed E-state index contributed by atoms with van der Waals surface area (Å²) in [6, 6.07) is 0.714. The van der Waals surface area contributed by atoms with E-state index in [1.54, 1.807) is 0 Å². The topological polar surface area (TPSA) is 18.5 Å². The van der Waals surface area contributed by atoms with Gasteiger partial charge in [-0.1, -0.05) is 0 Å². The van der Waals surface area contributed by atoms with Gasteiger partial charge in [0.1, 0.15) is 0 Å². The first-order valence-corrected chi connectivity index (χ1v) is 8.24. The van der Waals surface area contributed by atoms with Gasteiger partial charge in [0.15, 0.2) is 0 Å². The van der Waals surface area contributed by atoms with Crippen LogP contribution in [-0.2, 0) is 0 Å². The maximum Gasteiger partial charge on any atom is 0.0309 e. The lowest BCUT2D eigenvalue weighted by Crippen LogP contribution is -2.64. The van der Waals surface area contributed by atoms with Gasteiger partial charge in [-0.15, -0.1) is 0 Å².